The van der Waals surface area contributed by atoms with Gasteiger partial charge in [0.25, 0.3) is 0 Å². The number of benzene rings is 1. The molecule has 122 valence electrons. The number of aliphatic hydroxyl groups is 1. The van der Waals surface area contributed by atoms with Gasteiger partial charge in [0.2, 0.25) is 0 Å². The van der Waals surface area contributed by atoms with Gasteiger partial charge in [0.15, 0.2) is 0 Å². The topological polar surface area (TPSA) is 64.6 Å². The normalized spacial score (nSPS) is 15.8. The maximum absolute atomic E-state index is 11.8. The summed E-state index contributed by atoms with van der Waals surface area (Å²) < 4.78 is 0. The molecule has 1 aliphatic rings. The highest BCUT2D eigenvalue weighted by molar-refractivity contribution is 5.89. The number of nitrogens with zero attached hydrogens (tertiary/aromatic N) is 1. The van der Waals surface area contributed by atoms with Gasteiger partial charge >= 0.3 is 6.03 Å². The number of carbonyl (C=O) groups excluding carboxylic acids is 1. The molecule has 0 atom stereocenters. The number of rotatable bonds is 7. The highest BCUT2D eigenvalue weighted by Crippen LogP contribution is 2.30. The van der Waals surface area contributed by atoms with Crippen LogP contribution in [0.25, 0.3) is 0 Å². The van der Waals surface area contributed by atoms with Gasteiger partial charge in [-0.25, -0.2) is 4.79 Å². The summed E-state index contributed by atoms with van der Waals surface area (Å²) in [5.41, 5.74) is 1.21. The molecule has 0 aromatic heterocycles. The minimum absolute atomic E-state index is 0.271. The zero-order valence-electron chi connectivity index (χ0n) is 13.6. The van der Waals surface area contributed by atoms with E-state index in [1.807, 2.05) is 24.3 Å². The first kappa shape index (κ1) is 16.6. The van der Waals surface area contributed by atoms with Crippen molar-refractivity contribution < 1.29 is 9.90 Å². The van der Waals surface area contributed by atoms with Crippen molar-refractivity contribution in [3.8, 4) is 0 Å². The molecule has 2 rings (SSSR count). The predicted molar refractivity (Wildman–Crippen MR) is 90.4 cm³/mol. The Balaban J connectivity index is 1.78. The summed E-state index contributed by atoms with van der Waals surface area (Å²) in [7, 11) is 2.07. The number of anilines is 2. The molecule has 0 spiro atoms. The smallest absolute Gasteiger partial charge is 0.319 e. The summed E-state index contributed by atoms with van der Waals surface area (Å²) in [6.07, 6.45) is 4.92. The van der Waals surface area contributed by atoms with Gasteiger partial charge in [0.05, 0.1) is 5.60 Å². The molecule has 0 saturated heterocycles. The molecule has 1 aliphatic carbocycles. The van der Waals surface area contributed by atoms with Crippen molar-refractivity contribution in [1.82, 2.24) is 5.32 Å². The van der Waals surface area contributed by atoms with Crippen molar-refractivity contribution in [2.45, 2.75) is 44.6 Å². The molecule has 1 fully saturated rings. The predicted octanol–water partition coefficient (Wildman–Crippen LogP) is 2.96. The SMILES string of the molecule is CCCCN(C)c1ccc(NC(=O)NCC2(O)CCC2)cc1. The van der Waals surface area contributed by atoms with Crippen molar-refractivity contribution in [3.05, 3.63) is 24.3 Å². The van der Waals surface area contributed by atoms with Gasteiger partial charge in [0, 0.05) is 31.5 Å². The zero-order valence-corrected chi connectivity index (χ0v) is 13.6. The van der Waals surface area contributed by atoms with Crippen molar-refractivity contribution in [3.63, 3.8) is 0 Å². The molecule has 0 radical (unpaired) electrons. The summed E-state index contributed by atoms with van der Waals surface area (Å²) in [4.78, 5) is 14.0. The largest absolute Gasteiger partial charge is 0.388 e. The third kappa shape index (κ3) is 4.63. The Morgan fingerprint density at radius 1 is 1.32 bits per heavy atom. The third-order valence-electron chi connectivity index (χ3n) is 4.28. The lowest BCUT2D eigenvalue weighted by molar-refractivity contribution is -0.0287. The van der Waals surface area contributed by atoms with Gasteiger partial charge in [0.1, 0.15) is 0 Å². The van der Waals surface area contributed by atoms with Crippen molar-refractivity contribution in [2.24, 2.45) is 0 Å². The van der Waals surface area contributed by atoms with E-state index in [1.54, 1.807) is 0 Å². The Kier molecular flexibility index (Phi) is 5.66. The Labute approximate surface area is 132 Å². The first-order chi connectivity index (χ1) is 10.5. The number of urea groups is 1. The highest BCUT2D eigenvalue weighted by Gasteiger charge is 2.34. The molecular formula is C17H27N3O2. The molecule has 0 bridgehead atoms. The first-order valence-corrected chi connectivity index (χ1v) is 8.11. The fraction of sp³-hybridized carbons (Fsp3) is 0.588. The number of hydrogen-bond acceptors (Lipinski definition) is 3. The molecule has 1 aromatic carbocycles. The van der Waals surface area contributed by atoms with Gasteiger partial charge in [-0.1, -0.05) is 13.3 Å². The lowest BCUT2D eigenvalue weighted by Crippen LogP contribution is -2.48. The molecule has 0 unspecified atom stereocenters. The van der Waals surface area contributed by atoms with E-state index in [0.717, 1.165) is 37.2 Å². The average Bonchev–Trinajstić information content (AvgIpc) is 2.49. The molecule has 22 heavy (non-hydrogen) atoms. The minimum atomic E-state index is -0.691. The lowest BCUT2D eigenvalue weighted by atomic mass is 9.80. The number of carbonyl (C=O) groups is 1. The lowest BCUT2D eigenvalue weighted by Gasteiger charge is -2.36. The first-order valence-electron chi connectivity index (χ1n) is 8.11. The molecule has 1 aromatic rings. The van der Waals surface area contributed by atoms with Crippen LogP contribution < -0.4 is 15.5 Å². The second kappa shape index (κ2) is 7.49. The number of hydrogen-bond donors (Lipinski definition) is 3. The number of nitrogens with one attached hydrogen (secondary N) is 2. The van der Waals surface area contributed by atoms with Crippen molar-refractivity contribution in [1.29, 1.82) is 0 Å². The number of unbranched alkanes of at least 4 members (excludes halogenated alkanes) is 1. The summed E-state index contributed by atoms with van der Waals surface area (Å²) in [5, 5.41) is 15.5. The monoisotopic (exact) mass is 305 g/mol. The second-order valence-corrected chi connectivity index (χ2v) is 6.21. The van der Waals surface area contributed by atoms with Crippen LogP contribution >= 0.6 is 0 Å². The van der Waals surface area contributed by atoms with Crippen molar-refractivity contribution in [2.75, 3.05) is 30.4 Å². The van der Waals surface area contributed by atoms with Gasteiger partial charge < -0.3 is 20.6 Å². The quantitative estimate of drug-likeness (QED) is 0.725. The van der Waals surface area contributed by atoms with Crippen LogP contribution in [0.15, 0.2) is 24.3 Å². The second-order valence-electron chi connectivity index (χ2n) is 6.21. The molecule has 5 heteroatoms. The van der Waals surface area contributed by atoms with Crippen LogP contribution in [0.3, 0.4) is 0 Å². The highest BCUT2D eigenvalue weighted by atomic mass is 16.3. The molecular weight excluding hydrogens is 278 g/mol. The van der Waals surface area contributed by atoms with Crippen LogP contribution in [-0.2, 0) is 0 Å². The minimum Gasteiger partial charge on any atom is -0.388 e. The van der Waals surface area contributed by atoms with Gasteiger partial charge in [-0.05, 0) is 49.9 Å². The fourth-order valence-electron chi connectivity index (χ4n) is 2.51. The van der Waals surface area contributed by atoms with E-state index >= 15 is 0 Å². The Morgan fingerprint density at radius 3 is 2.55 bits per heavy atom. The summed E-state index contributed by atoms with van der Waals surface area (Å²) in [5.74, 6) is 0. The van der Waals surface area contributed by atoms with E-state index in [-0.39, 0.29) is 6.03 Å². The van der Waals surface area contributed by atoms with Crippen LogP contribution in [-0.4, -0.2) is 36.9 Å². The molecule has 2 amide bonds. The summed E-state index contributed by atoms with van der Waals surface area (Å²) in [6, 6.07) is 7.53. The van der Waals surface area contributed by atoms with Crippen LogP contribution in [0.4, 0.5) is 16.2 Å². The van der Waals surface area contributed by atoms with Crippen LogP contribution in [0.1, 0.15) is 39.0 Å². The molecule has 3 N–H and O–H groups in total. The average molecular weight is 305 g/mol. The summed E-state index contributed by atoms with van der Waals surface area (Å²) in [6.45, 7) is 3.53. The Hall–Kier alpha value is -1.75. The van der Waals surface area contributed by atoms with E-state index in [0.29, 0.717) is 6.54 Å². The van der Waals surface area contributed by atoms with Gasteiger partial charge in [-0.2, -0.15) is 0 Å². The zero-order chi connectivity index (χ0) is 16.0. The maximum atomic E-state index is 11.8. The van der Waals surface area contributed by atoms with E-state index in [2.05, 4.69) is 29.5 Å². The summed E-state index contributed by atoms with van der Waals surface area (Å²) >= 11 is 0. The standard InChI is InChI=1S/C17H27N3O2/c1-3-4-12-20(2)15-8-6-14(7-9-15)19-16(21)18-13-17(22)10-5-11-17/h6-9,22H,3-5,10-13H2,1-2H3,(H2,18,19,21). The third-order valence-corrected chi connectivity index (χ3v) is 4.28. The fourth-order valence-corrected chi connectivity index (χ4v) is 2.51. The molecule has 5 nitrogen and oxygen atoms in total. The molecule has 0 heterocycles. The van der Waals surface area contributed by atoms with E-state index in [9.17, 15) is 9.90 Å². The maximum Gasteiger partial charge on any atom is 0.319 e. The molecule has 1 saturated carbocycles. The van der Waals surface area contributed by atoms with Gasteiger partial charge in [-0.3, -0.25) is 0 Å². The number of amides is 2. The van der Waals surface area contributed by atoms with E-state index < -0.39 is 5.60 Å². The Bertz CT molecular complexity index is 483. The van der Waals surface area contributed by atoms with E-state index in [4.69, 9.17) is 0 Å². The molecule has 0 aliphatic heterocycles. The van der Waals surface area contributed by atoms with Crippen LogP contribution in [0, 0.1) is 0 Å². The Morgan fingerprint density at radius 2 is 2.00 bits per heavy atom. The van der Waals surface area contributed by atoms with Gasteiger partial charge in [-0.15, -0.1) is 0 Å². The van der Waals surface area contributed by atoms with Crippen LogP contribution in [0.5, 0.6) is 0 Å². The van der Waals surface area contributed by atoms with Crippen molar-refractivity contribution >= 4 is 17.4 Å². The van der Waals surface area contributed by atoms with E-state index in [1.165, 1.54) is 12.8 Å². The van der Waals surface area contributed by atoms with Crippen LogP contribution in [0.2, 0.25) is 0 Å².